The van der Waals surface area contributed by atoms with Gasteiger partial charge in [0, 0.05) is 39.4 Å². The van der Waals surface area contributed by atoms with Gasteiger partial charge in [0.1, 0.15) is 0 Å². The van der Waals surface area contributed by atoms with Crippen LogP contribution in [0.1, 0.15) is 28.8 Å². The molecule has 0 spiro atoms. The zero-order chi connectivity index (χ0) is 16.5. The fourth-order valence-corrected chi connectivity index (χ4v) is 2.64. The van der Waals surface area contributed by atoms with Gasteiger partial charge in [-0.05, 0) is 31.0 Å². The molecule has 1 aromatic carbocycles. The fraction of sp³-hybridized carbons (Fsp3) is 0.611. The average Bonchev–Trinajstić information content (AvgIpc) is 2.58. The first kappa shape index (κ1) is 17.9. The van der Waals surface area contributed by atoms with Crippen molar-refractivity contribution >= 4 is 5.91 Å². The average molecular weight is 320 g/mol. The Morgan fingerprint density at radius 1 is 1.22 bits per heavy atom. The summed E-state index contributed by atoms with van der Waals surface area (Å²) in [6.07, 6.45) is 2.18. The Morgan fingerprint density at radius 2 is 1.96 bits per heavy atom. The van der Waals surface area contributed by atoms with Gasteiger partial charge in [-0.25, -0.2) is 0 Å². The number of ether oxygens (including phenoxy) is 2. The molecule has 1 aromatic rings. The molecule has 2 rings (SSSR count). The normalized spacial score (nSPS) is 15.6. The Morgan fingerprint density at radius 3 is 2.70 bits per heavy atom. The lowest BCUT2D eigenvalue weighted by molar-refractivity contribution is 0.0354. The summed E-state index contributed by atoms with van der Waals surface area (Å²) in [6, 6.07) is 7.66. The molecule has 1 heterocycles. The van der Waals surface area contributed by atoms with Crippen LogP contribution < -0.4 is 0 Å². The number of hydrogen-bond donors (Lipinski definition) is 0. The van der Waals surface area contributed by atoms with Crippen molar-refractivity contribution in [2.45, 2.75) is 19.4 Å². The van der Waals surface area contributed by atoms with E-state index in [1.807, 2.05) is 24.3 Å². The lowest BCUT2D eigenvalue weighted by Gasteiger charge is -2.26. The van der Waals surface area contributed by atoms with Gasteiger partial charge in [-0.1, -0.05) is 18.2 Å². The van der Waals surface area contributed by atoms with E-state index in [9.17, 15) is 4.79 Å². The predicted molar refractivity (Wildman–Crippen MR) is 90.6 cm³/mol. The van der Waals surface area contributed by atoms with Crippen molar-refractivity contribution in [3.05, 3.63) is 35.4 Å². The number of nitrogens with zero attached hydrogens (tertiary/aromatic N) is 2. The van der Waals surface area contributed by atoms with Crippen LogP contribution in [0.4, 0.5) is 0 Å². The van der Waals surface area contributed by atoms with E-state index in [1.54, 1.807) is 19.0 Å². The number of benzene rings is 1. The molecule has 0 aromatic heterocycles. The van der Waals surface area contributed by atoms with E-state index in [0.29, 0.717) is 6.61 Å². The minimum atomic E-state index is 0.0246. The monoisotopic (exact) mass is 320 g/mol. The SMILES string of the molecule is CN(C)C(=O)c1ccccc1COCCCCN1CCOCC1. The van der Waals surface area contributed by atoms with Crippen molar-refractivity contribution in [3.63, 3.8) is 0 Å². The Kier molecular flexibility index (Phi) is 7.52. The van der Waals surface area contributed by atoms with Gasteiger partial charge in [0.25, 0.3) is 5.91 Å². The van der Waals surface area contributed by atoms with Crippen LogP contribution in [0, 0.1) is 0 Å². The minimum absolute atomic E-state index is 0.0246. The maximum absolute atomic E-state index is 12.1. The first-order chi connectivity index (χ1) is 11.2. The molecule has 0 unspecified atom stereocenters. The van der Waals surface area contributed by atoms with E-state index >= 15 is 0 Å². The zero-order valence-electron chi connectivity index (χ0n) is 14.3. The van der Waals surface area contributed by atoms with E-state index in [2.05, 4.69) is 4.90 Å². The molecule has 0 saturated carbocycles. The Bertz CT molecular complexity index is 485. The summed E-state index contributed by atoms with van der Waals surface area (Å²) >= 11 is 0. The summed E-state index contributed by atoms with van der Waals surface area (Å²) in [5.74, 6) is 0.0246. The topological polar surface area (TPSA) is 42.0 Å². The first-order valence-electron chi connectivity index (χ1n) is 8.36. The van der Waals surface area contributed by atoms with Crippen molar-refractivity contribution < 1.29 is 14.3 Å². The van der Waals surface area contributed by atoms with Crippen LogP contribution in [0.5, 0.6) is 0 Å². The molecule has 0 aliphatic carbocycles. The lowest BCUT2D eigenvalue weighted by atomic mass is 10.1. The van der Waals surface area contributed by atoms with Crippen LogP contribution >= 0.6 is 0 Å². The van der Waals surface area contributed by atoms with E-state index < -0.39 is 0 Å². The van der Waals surface area contributed by atoms with Crippen LogP contribution in [0.3, 0.4) is 0 Å². The summed E-state index contributed by atoms with van der Waals surface area (Å²) in [5.41, 5.74) is 1.69. The van der Waals surface area contributed by atoms with Gasteiger partial charge in [0.15, 0.2) is 0 Å². The second kappa shape index (κ2) is 9.65. The molecule has 1 saturated heterocycles. The van der Waals surface area contributed by atoms with Gasteiger partial charge in [0.2, 0.25) is 0 Å². The molecule has 0 radical (unpaired) electrons. The number of hydrogen-bond acceptors (Lipinski definition) is 4. The van der Waals surface area contributed by atoms with Crippen LogP contribution in [0.25, 0.3) is 0 Å². The molecule has 5 nitrogen and oxygen atoms in total. The lowest BCUT2D eigenvalue weighted by Crippen LogP contribution is -2.36. The van der Waals surface area contributed by atoms with Crippen LogP contribution in [-0.2, 0) is 16.1 Å². The summed E-state index contributed by atoms with van der Waals surface area (Å²) in [5, 5.41) is 0. The maximum Gasteiger partial charge on any atom is 0.253 e. The standard InChI is InChI=1S/C18H28N2O3/c1-19(2)18(21)17-8-4-3-7-16(17)15-23-12-6-5-9-20-10-13-22-14-11-20/h3-4,7-8H,5-6,9-15H2,1-2H3. The second-order valence-electron chi connectivity index (χ2n) is 6.07. The van der Waals surface area contributed by atoms with Crippen LogP contribution in [0.15, 0.2) is 24.3 Å². The summed E-state index contributed by atoms with van der Waals surface area (Å²) in [6.45, 7) is 6.13. The molecule has 1 amide bonds. The van der Waals surface area contributed by atoms with Crippen molar-refractivity contribution in [3.8, 4) is 0 Å². The van der Waals surface area contributed by atoms with E-state index in [4.69, 9.17) is 9.47 Å². The molecular formula is C18H28N2O3. The molecule has 128 valence electrons. The quantitative estimate of drug-likeness (QED) is 0.687. The summed E-state index contributed by atoms with van der Waals surface area (Å²) < 4.78 is 11.1. The molecule has 0 atom stereocenters. The third kappa shape index (κ3) is 5.94. The highest BCUT2D eigenvalue weighted by molar-refractivity contribution is 5.95. The molecule has 1 aliphatic heterocycles. The van der Waals surface area contributed by atoms with E-state index in [-0.39, 0.29) is 5.91 Å². The number of unbranched alkanes of at least 4 members (excludes halogenated alkanes) is 1. The first-order valence-corrected chi connectivity index (χ1v) is 8.36. The number of rotatable bonds is 8. The smallest absolute Gasteiger partial charge is 0.253 e. The molecule has 0 N–H and O–H groups in total. The fourth-order valence-electron chi connectivity index (χ4n) is 2.64. The molecule has 1 aliphatic rings. The van der Waals surface area contributed by atoms with Gasteiger partial charge in [0.05, 0.1) is 19.8 Å². The number of carbonyl (C=O) groups excluding carboxylic acids is 1. The number of amides is 1. The maximum atomic E-state index is 12.1. The van der Waals surface area contributed by atoms with Crippen LogP contribution in [0.2, 0.25) is 0 Å². The van der Waals surface area contributed by atoms with Crippen molar-refractivity contribution in [1.82, 2.24) is 9.80 Å². The Labute approximate surface area is 139 Å². The van der Waals surface area contributed by atoms with Gasteiger partial charge in [-0.15, -0.1) is 0 Å². The van der Waals surface area contributed by atoms with Gasteiger partial charge < -0.3 is 14.4 Å². The number of carbonyl (C=O) groups is 1. The van der Waals surface area contributed by atoms with Gasteiger partial charge in [-0.2, -0.15) is 0 Å². The minimum Gasteiger partial charge on any atom is -0.379 e. The molecule has 1 fully saturated rings. The van der Waals surface area contributed by atoms with E-state index in [1.165, 1.54) is 0 Å². The highest BCUT2D eigenvalue weighted by atomic mass is 16.5. The van der Waals surface area contributed by atoms with E-state index in [0.717, 1.165) is 63.4 Å². The summed E-state index contributed by atoms with van der Waals surface area (Å²) in [4.78, 5) is 16.2. The second-order valence-corrected chi connectivity index (χ2v) is 6.07. The van der Waals surface area contributed by atoms with Crippen molar-refractivity contribution in [2.24, 2.45) is 0 Å². The van der Waals surface area contributed by atoms with Crippen molar-refractivity contribution in [1.29, 1.82) is 0 Å². The Hall–Kier alpha value is -1.43. The summed E-state index contributed by atoms with van der Waals surface area (Å²) in [7, 11) is 3.54. The molecule has 23 heavy (non-hydrogen) atoms. The Balaban J connectivity index is 1.67. The zero-order valence-corrected chi connectivity index (χ0v) is 14.3. The third-order valence-corrected chi connectivity index (χ3v) is 4.03. The highest BCUT2D eigenvalue weighted by Gasteiger charge is 2.12. The third-order valence-electron chi connectivity index (χ3n) is 4.03. The highest BCUT2D eigenvalue weighted by Crippen LogP contribution is 2.12. The molecule has 5 heteroatoms. The van der Waals surface area contributed by atoms with Gasteiger partial charge >= 0.3 is 0 Å². The van der Waals surface area contributed by atoms with Crippen molar-refractivity contribution in [2.75, 3.05) is 53.6 Å². The largest absolute Gasteiger partial charge is 0.379 e. The molecule has 0 bridgehead atoms. The van der Waals surface area contributed by atoms with Gasteiger partial charge in [-0.3, -0.25) is 9.69 Å². The van der Waals surface area contributed by atoms with Crippen LogP contribution in [-0.4, -0.2) is 69.3 Å². The number of morpholine rings is 1. The molecular weight excluding hydrogens is 292 g/mol. The predicted octanol–water partition coefficient (Wildman–Crippen LogP) is 2.02.